The number of hydrogen-bond acceptors (Lipinski definition) is 6. The molecule has 0 unspecified atom stereocenters. The van der Waals surface area contributed by atoms with Gasteiger partial charge in [0.05, 0.1) is 25.4 Å². The molecule has 1 fully saturated rings. The maximum Gasteiger partial charge on any atom is 0.341 e. The standard InChI is InChI=1S/C21H25BrN2O4S/c1-4-27-21(26)19-17(15-5-7-16(22)8-6-15)12-29-20(19)23-18(25)11-24-9-13(2)28-14(3)10-24/h5-8,12-14H,4,9-11H2,1-3H3,(H,23,25)/t13-,14+. The Bertz CT molecular complexity index is 858. The quantitative estimate of drug-likeness (QED) is 0.620. The van der Waals surface area contributed by atoms with Crippen molar-refractivity contribution in [1.82, 2.24) is 4.90 Å². The van der Waals surface area contributed by atoms with E-state index in [0.717, 1.165) is 15.6 Å². The minimum Gasteiger partial charge on any atom is -0.462 e. The van der Waals surface area contributed by atoms with Crippen molar-refractivity contribution in [3.05, 3.63) is 39.7 Å². The topological polar surface area (TPSA) is 67.9 Å². The van der Waals surface area contributed by atoms with E-state index in [1.807, 2.05) is 43.5 Å². The summed E-state index contributed by atoms with van der Waals surface area (Å²) < 4.78 is 11.9. The Labute approximate surface area is 183 Å². The van der Waals surface area contributed by atoms with Crippen molar-refractivity contribution in [3.63, 3.8) is 0 Å². The summed E-state index contributed by atoms with van der Waals surface area (Å²) in [5.41, 5.74) is 2.05. The zero-order chi connectivity index (χ0) is 21.0. The molecule has 1 amide bonds. The highest BCUT2D eigenvalue weighted by Crippen LogP contribution is 2.36. The number of hydrogen-bond donors (Lipinski definition) is 1. The summed E-state index contributed by atoms with van der Waals surface area (Å²) in [5, 5.41) is 5.31. The second-order valence-corrected chi connectivity index (χ2v) is 8.88. The van der Waals surface area contributed by atoms with E-state index >= 15 is 0 Å². The number of benzene rings is 1. The number of rotatable bonds is 6. The number of halogens is 1. The van der Waals surface area contributed by atoms with Crippen molar-refractivity contribution in [2.75, 3.05) is 31.6 Å². The number of anilines is 1. The molecular formula is C21H25BrN2O4S. The van der Waals surface area contributed by atoms with Gasteiger partial charge in [-0.05, 0) is 38.5 Å². The Kier molecular flexibility index (Phi) is 7.45. The van der Waals surface area contributed by atoms with Gasteiger partial charge in [0.2, 0.25) is 5.91 Å². The molecule has 29 heavy (non-hydrogen) atoms. The molecule has 156 valence electrons. The lowest BCUT2D eigenvalue weighted by Gasteiger charge is -2.34. The molecule has 6 nitrogen and oxygen atoms in total. The van der Waals surface area contributed by atoms with Gasteiger partial charge in [0, 0.05) is 28.5 Å². The number of carbonyl (C=O) groups excluding carboxylic acids is 2. The maximum atomic E-state index is 12.7. The molecule has 0 spiro atoms. The predicted molar refractivity (Wildman–Crippen MR) is 118 cm³/mol. The molecule has 0 bridgehead atoms. The van der Waals surface area contributed by atoms with Crippen LogP contribution < -0.4 is 5.32 Å². The van der Waals surface area contributed by atoms with Crippen LogP contribution >= 0.6 is 27.3 Å². The van der Waals surface area contributed by atoms with Crippen LogP contribution in [-0.4, -0.2) is 55.2 Å². The molecule has 2 aromatic rings. The minimum absolute atomic E-state index is 0.0902. The number of esters is 1. The fraction of sp³-hybridized carbons (Fsp3) is 0.429. The Hall–Kier alpha value is -1.74. The van der Waals surface area contributed by atoms with Gasteiger partial charge in [-0.2, -0.15) is 0 Å². The van der Waals surface area contributed by atoms with Gasteiger partial charge in [0.15, 0.2) is 0 Å². The van der Waals surface area contributed by atoms with Crippen LogP contribution in [-0.2, 0) is 14.3 Å². The van der Waals surface area contributed by atoms with Crippen LogP contribution in [0.5, 0.6) is 0 Å². The first kappa shape index (κ1) is 22.0. The smallest absolute Gasteiger partial charge is 0.341 e. The third-order valence-electron chi connectivity index (χ3n) is 4.54. The van der Waals surface area contributed by atoms with Crippen molar-refractivity contribution in [2.45, 2.75) is 33.0 Å². The molecule has 2 atom stereocenters. The molecule has 1 aromatic heterocycles. The number of ether oxygens (including phenoxy) is 2. The fourth-order valence-electron chi connectivity index (χ4n) is 3.48. The Balaban J connectivity index is 1.80. The number of morpholine rings is 1. The van der Waals surface area contributed by atoms with Crippen LogP contribution in [0.1, 0.15) is 31.1 Å². The molecule has 1 aromatic carbocycles. The highest BCUT2D eigenvalue weighted by molar-refractivity contribution is 9.10. The number of carbonyl (C=O) groups is 2. The largest absolute Gasteiger partial charge is 0.462 e. The highest BCUT2D eigenvalue weighted by Gasteiger charge is 2.26. The van der Waals surface area contributed by atoms with Crippen molar-refractivity contribution >= 4 is 44.1 Å². The zero-order valence-corrected chi connectivity index (χ0v) is 19.1. The summed E-state index contributed by atoms with van der Waals surface area (Å²) in [4.78, 5) is 27.4. The fourth-order valence-corrected chi connectivity index (χ4v) is 4.72. The average Bonchev–Trinajstić information content (AvgIpc) is 3.05. The Morgan fingerprint density at radius 2 is 1.90 bits per heavy atom. The number of nitrogens with zero attached hydrogens (tertiary/aromatic N) is 1. The van der Waals surface area contributed by atoms with Crippen molar-refractivity contribution in [1.29, 1.82) is 0 Å². The van der Waals surface area contributed by atoms with E-state index in [4.69, 9.17) is 9.47 Å². The van der Waals surface area contributed by atoms with Crippen molar-refractivity contribution < 1.29 is 19.1 Å². The molecule has 3 rings (SSSR count). The second-order valence-electron chi connectivity index (χ2n) is 7.08. The summed E-state index contributed by atoms with van der Waals surface area (Å²) >= 11 is 4.76. The lowest BCUT2D eigenvalue weighted by molar-refractivity contribution is -0.121. The lowest BCUT2D eigenvalue weighted by Crippen LogP contribution is -2.48. The molecule has 0 aliphatic carbocycles. The van der Waals surface area contributed by atoms with E-state index in [9.17, 15) is 9.59 Å². The van der Waals surface area contributed by atoms with E-state index in [2.05, 4.69) is 26.1 Å². The molecule has 0 radical (unpaired) electrons. The van der Waals surface area contributed by atoms with E-state index < -0.39 is 5.97 Å². The monoisotopic (exact) mass is 480 g/mol. The van der Waals surface area contributed by atoms with E-state index in [-0.39, 0.29) is 31.3 Å². The Morgan fingerprint density at radius 1 is 1.24 bits per heavy atom. The van der Waals surface area contributed by atoms with Gasteiger partial charge in [0.25, 0.3) is 0 Å². The molecular weight excluding hydrogens is 456 g/mol. The van der Waals surface area contributed by atoms with E-state index in [0.29, 0.717) is 23.7 Å². The SMILES string of the molecule is CCOC(=O)c1c(-c2ccc(Br)cc2)csc1NC(=O)CN1C[C@@H](C)O[C@@H](C)C1. The maximum absolute atomic E-state index is 12.7. The summed E-state index contributed by atoms with van der Waals surface area (Å²) in [6.07, 6.45) is 0.180. The molecule has 8 heteroatoms. The first-order valence-electron chi connectivity index (χ1n) is 9.59. The molecule has 1 saturated heterocycles. The van der Waals surface area contributed by atoms with Gasteiger partial charge >= 0.3 is 5.97 Å². The van der Waals surface area contributed by atoms with Crippen LogP contribution in [0.3, 0.4) is 0 Å². The van der Waals surface area contributed by atoms with Gasteiger partial charge < -0.3 is 14.8 Å². The van der Waals surface area contributed by atoms with Gasteiger partial charge in [-0.15, -0.1) is 11.3 Å². The first-order valence-corrected chi connectivity index (χ1v) is 11.3. The molecule has 0 saturated carbocycles. The normalized spacial score (nSPS) is 19.7. The summed E-state index contributed by atoms with van der Waals surface area (Å²) in [5.74, 6) is -0.586. The predicted octanol–water partition coefficient (Wildman–Crippen LogP) is 4.40. The van der Waals surface area contributed by atoms with E-state index in [1.165, 1.54) is 11.3 Å². The first-order chi connectivity index (χ1) is 13.9. The summed E-state index contributed by atoms with van der Waals surface area (Å²) in [7, 11) is 0. The van der Waals surface area contributed by atoms with Gasteiger partial charge in [-0.3, -0.25) is 9.69 Å². The van der Waals surface area contributed by atoms with Gasteiger partial charge in [0.1, 0.15) is 10.6 Å². The third kappa shape index (κ3) is 5.66. The number of thiophene rings is 1. The molecule has 1 N–H and O–H groups in total. The minimum atomic E-state index is -0.435. The van der Waals surface area contributed by atoms with Gasteiger partial charge in [-0.1, -0.05) is 28.1 Å². The zero-order valence-electron chi connectivity index (χ0n) is 16.7. The van der Waals surface area contributed by atoms with Crippen LogP contribution in [0.4, 0.5) is 5.00 Å². The van der Waals surface area contributed by atoms with Crippen LogP contribution in [0, 0.1) is 0 Å². The second kappa shape index (κ2) is 9.84. The lowest BCUT2D eigenvalue weighted by atomic mass is 10.0. The number of nitrogens with one attached hydrogen (secondary N) is 1. The average molecular weight is 481 g/mol. The van der Waals surface area contributed by atoms with Crippen LogP contribution in [0.25, 0.3) is 11.1 Å². The summed E-state index contributed by atoms with van der Waals surface area (Å²) in [6, 6.07) is 7.69. The number of amides is 1. The van der Waals surface area contributed by atoms with Crippen LogP contribution in [0.2, 0.25) is 0 Å². The molecule has 2 heterocycles. The highest BCUT2D eigenvalue weighted by atomic mass is 79.9. The molecule has 1 aliphatic heterocycles. The third-order valence-corrected chi connectivity index (χ3v) is 5.97. The van der Waals surface area contributed by atoms with E-state index in [1.54, 1.807) is 6.92 Å². The molecule has 1 aliphatic rings. The summed E-state index contributed by atoms with van der Waals surface area (Å²) in [6.45, 7) is 7.71. The van der Waals surface area contributed by atoms with Gasteiger partial charge in [-0.25, -0.2) is 4.79 Å². The Morgan fingerprint density at radius 3 is 2.52 bits per heavy atom. The van der Waals surface area contributed by atoms with Crippen LogP contribution in [0.15, 0.2) is 34.1 Å². The van der Waals surface area contributed by atoms with Crippen molar-refractivity contribution in [3.8, 4) is 11.1 Å². The van der Waals surface area contributed by atoms with Crippen molar-refractivity contribution in [2.24, 2.45) is 0 Å².